The summed E-state index contributed by atoms with van der Waals surface area (Å²) in [5.74, 6) is -2.36. The van der Waals surface area contributed by atoms with E-state index < -0.39 is 33.4 Å². The number of carbonyl (C=O) groups excluding carboxylic acids is 2. The van der Waals surface area contributed by atoms with Gasteiger partial charge in [-0.25, -0.2) is 13.2 Å². The second-order valence-electron chi connectivity index (χ2n) is 7.52. The Morgan fingerprint density at radius 2 is 1.77 bits per heavy atom. The zero-order valence-electron chi connectivity index (χ0n) is 17.4. The number of methoxy groups -OCH3 is 1. The molecule has 0 aromatic heterocycles. The molecule has 0 spiro atoms. The normalized spacial score (nSPS) is 15.6. The van der Waals surface area contributed by atoms with Crippen molar-refractivity contribution in [3.05, 3.63) is 71.8 Å². The van der Waals surface area contributed by atoms with Crippen LogP contribution in [0.4, 0.5) is 0 Å². The Hall–Kier alpha value is -2.93. The Labute approximate surface area is 182 Å². The lowest BCUT2D eigenvalue weighted by molar-refractivity contribution is -0.150. The van der Waals surface area contributed by atoms with Crippen molar-refractivity contribution in [3.63, 3.8) is 0 Å². The molecule has 1 aliphatic carbocycles. The van der Waals surface area contributed by atoms with E-state index >= 15 is 0 Å². The quantitative estimate of drug-likeness (QED) is 0.455. The van der Waals surface area contributed by atoms with E-state index in [1.807, 2.05) is 6.07 Å². The highest BCUT2D eigenvalue weighted by Crippen LogP contribution is 2.28. The molecule has 1 fully saturated rings. The molecule has 0 N–H and O–H groups in total. The second-order valence-corrected chi connectivity index (χ2v) is 9.55. The summed E-state index contributed by atoms with van der Waals surface area (Å²) >= 11 is 0. The third kappa shape index (κ3) is 6.28. The van der Waals surface area contributed by atoms with Crippen LogP contribution in [0.5, 0.6) is 0 Å². The van der Waals surface area contributed by atoms with Crippen LogP contribution in [0, 0.1) is 0 Å². The molecule has 0 amide bonds. The highest BCUT2D eigenvalue weighted by atomic mass is 32.2. The zero-order valence-corrected chi connectivity index (χ0v) is 18.2. The van der Waals surface area contributed by atoms with Crippen LogP contribution in [-0.4, -0.2) is 39.3 Å². The van der Waals surface area contributed by atoms with Gasteiger partial charge in [0.1, 0.15) is 6.10 Å². The summed E-state index contributed by atoms with van der Waals surface area (Å²) in [5.41, 5.74) is 1.15. The molecule has 6 nitrogen and oxygen atoms in total. The maximum atomic E-state index is 13.2. The largest absolute Gasteiger partial charge is 0.466 e. The summed E-state index contributed by atoms with van der Waals surface area (Å²) in [4.78, 5) is 24.3. The number of carbonyl (C=O) groups is 2. The van der Waals surface area contributed by atoms with Crippen molar-refractivity contribution in [2.24, 2.45) is 0 Å². The van der Waals surface area contributed by atoms with Gasteiger partial charge in [-0.15, -0.1) is 0 Å². The van der Waals surface area contributed by atoms with Crippen molar-refractivity contribution in [1.29, 1.82) is 0 Å². The SMILES string of the molecule is COC(=O)/C=C/c1cccc(S(=O)(=O)C[C@H](C(=O)OC2CCCC2)c2ccccc2)c1. The maximum absolute atomic E-state index is 13.2. The smallest absolute Gasteiger partial charge is 0.330 e. The first kappa shape index (κ1) is 22.7. The Bertz CT molecular complexity index is 1040. The van der Waals surface area contributed by atoms with Crippen LogP contribution in [0.3, 0.4) is 0 Å². The van der Waals surface area contributed by atoms with Gasteiger partial charge in [0, 0.05) is 6.08 Å². The van der Waals surface area contributed by atoms with E-state index in [-0.39, 0.29) is 11.0 Å². The topological polar surface area (TPSA) is 86.7 Å². The maximum Gasteiger partial charge on any atom is 0.330 e. The molecule has 1 atom stereocenters. The van der Waals surface area contributed by atoms with Crippen molar-refractivity contribution in [3.8, 4) is 0 Å². The molecule has 0 bridgehead atoms. The number of rotatable bonds is 8. The molecule has 0 heterocycles. The average molecular weight is 443 g/mol. The van der Waals surface area contributed by atoms with E-state index in [0.717, 1.165) is 25.7 Å². The molecular weight excluding hydrogens is 416 g/mol. The molecule has 3 rings (SSSR count). The fourth-order valence-corrected chi connectivity index (χ4v) is 5.16. The minimum atomic E-state index is -3.80. The third-order valence-electron chi connectivity index (χ3n) is 5.29. The van der Waals surface area contributed by atoms with E-state index in [4.69, 9.17) is 4.74 Å². The van der Waals surface area contributed by atoms with E-state index in [1.165, 1.54) is 31.4 Å². The van der Waals surface area contributed by atoms with Crippen LogP contribution in [0.2, 0.25) is 0 Å². The molecular formula is C24H26O6S. The van der Waals surface area contributed by atoms with E-state index in [0.29, 0.717) is 11.1 Å². The molecule has 7 heteroatoms. The van der Waals surface area contributed by atoms with Gasteiger partial charge in [0.15, 0.2) is 9.84 Å². The Kier molecular flexibility index (Phi) is 7.63. The van der Waals surface area contributed by atoms with Crippen LogP contribution in [0.25, 0.3) is 6.08 Å². The summed E-state index contributed by atoms with van der Waals surface area (Å²) in [5, 5.41) is 0. The summed E-state index contributed by atoms with van der Waals surface area (Å²) in [6.07, 6.45) is 6.21. The Balaban J connectivity index is 1.85. The summed E-state index contributed by atoms with van der Waals surface area (Å²) < 4.78 is 36.6. The van der Waals surface area contributed by atoms with Gasteiger partial charge in [-0.3, -0.25) is 4.79 Å². The highest BCUT2D eigenvalue weighted by Gasteiger charge is 2.32. The number of esters is 2. The van der Waals surface area contributed by atoms with Gasteiger partial charge >= 0.3 is 11.9 Å². The minimum Gasteiger partial charge on any atom is -0.466 e. The molecule has 1 saturated carbocycles. The van der Waals surface area contributed by atoms with Crippen LogP contribution in [-0.2, 0) is 28.9 Å². The van der Waals surface area contributed by atoms with Crippen molar-refractivity contribution in [2.45, 2.75) is 42.6 Å². The van der Waals surface area contributed by atoms with Crippen LogP contribution >= 0.6 is 0 Å². The molecule has 0 aliphatic heterocycles. The zero-order chi connectivity index (χ0) is 22.3. The lowest BCUT2D eigenvalue weighted by Crippen LogP contribution is -2.27. The first-order valence-corrected chi connectivity index (χ1v) is 11.9. The van der Waals surface area contributed by atoms with Gasteiger partial charge in [-0.2, -0.15) is 0 Å². The van der Waals surface area contributed by atoms with E-state index in [2.05, 4.69) is 4.74 Å². The molecule has 2 aromatic rings. The standard InChI is InChI=1S/C24H26O6S/c1-29-23(25)15-14-18-8-7-13-21(16-18)31(27,28)17-22(19-9-3-2-4-10-19)24(26)30-20-11-5-6-12-20/h2-4,7-10,13-16,20,22H,5-6,11-12,17H2,1H3/b15-14+/t22-/m0/s1. The molecule has 0 radical (unpaired) electrons. The monoisotopic (exact) mass is 442 g/mol. The number of sulfone groups is 1. The summed E-state index contributed by atoms with van der Waals surface area (Å²) in [6.45, 7) is 0. The lowest BCUT2D eigenvalue weighted by atomic mass is 10.0. The second kappa shape index (κ2) is 10.4. The molecule has 0 unspecified atom stereocenters. The number of hydrogen-bond acceptors (Lipinski definition) is 6. The number of ether oxygens (including phenoxy) is 2. The van der Waals surface area contributed by atoms with Gasteiger partial charge in [-0.1, -0.05) is 42.5 Å². The van der Waals surface area contributed by atoms with Gasteiger partial charge in [0.25, 0.3) is 0 Å². The Morgan fingerprint density at radius 1 is 1.06 bits per heavy atom. The Morgan fingerprint density at radius 3 is 2.45 bits per heavy atom. The van der Waals surface area contributed by atoms with Crippen molar-refractivity contribution in [2.75, 3.05) is 12.9 Å². The van der Waals surface area contributed by atoms with Gasteiger partial charge < -0.3 is 9.47 Å². The average Bonchev–Trinajstić information content (AvgIpc) is 3.29. The molecule has 0 saturated heterocycles. The number of hydrogen-bond donors (Lipinski definition) is 0. The molecule has 1 aliphatic rings. The van der Waals surface area contributed by atoms with Gasteiger partial charge in [0.2, 0.25) is 0 Å². The molecule has 2 aromatic carbocycles. The third-order valence-corrected chi connectivity index (χ3v) is 7.03. The predicted molar refractivity (Wildman–Crippen MR) is 117 cm³/mol. The van der Waals surface area contributed by atoms with Gasteiger partial charge in [-0.05, 0) is 55.0 Å². The van der Waals surface area contributed by atoms with Crippen LogP contribution < -0.4 is 0 Å². The predicted octanol–water partition coefficient (Wildman–Crippen LogP) is 3.92. The summed E-state index contributed by atoms with van der Waals surface area (Å²) in [7, 11) is -2.54. The lowest BCUT2D eigenvalue weighted by Gasteiger charge is -2.19. The number of benzene rings is 2. The fourth-order valence-electron chi connectivity index (χ4n) is 3.60. The van der Waals surface area contributed by atoms with Crippen LogP contribution in [0.1, 0.15) is 42.7 Å². The van der Waals surface area contributed by atoms with Crippen LogP contribution in [0.15, 0.2) is 65.6 Å². The summed E-state index contributed by atoms with van der Waals surface area (Å²) in [6, 6.07) is 15.1. The molecule has 31 heavy (non-hydrogen) atoms. The van der Waals surface area contributed by atoms with Crippen molar-refractivity contribution < 1.29 is 27.5 Å². The highest BCUT2D eigenvalue weighted by molar-refractivity contribution is 7.91. The fraction of sp³-hybridized carbons (Fsp3) is 0.333. The molecule has 164 valence electrons. The van der Waals surface area contributed by atoms with Gasteiger partial charge in [0.05, 0.1) is 23.7 Å². The first-order valence-electron chi connectivity index (χ1n) is 10.2. The van der Waals surface area contributed by atoms with E-state index in [1.54, 1.807) is 36.4 Å². The van der Waals surface area contributed by atoms with Crippen molar-refractivity contribution >= 4 is 27.9 Å². The van der Waals surface area contributed by atoms with Crippen molar-refractivity contribution in [1.82, 2.24) is 0 Å². The first-order chi connectivity index (χ1) is 14.9. The minimum absolute atomic E-state index is 0.0779. The van der Waals surface area contributed by atoms with E-state index in [9.17, 15) is 18.0 Å².